The minimum absolute atomic E-state index is 0.118. The molecule has 0 atom stereocenters. The number of aromatic nitrogens is 1. The van der Waals surface area contributed by atoms with E-state index in [4.69, 9.17) is 10.8 Å². The van der Waals surface area contributed by atoms with Crippen LogP contribution in [-0.4, -0.2) is 23.4 Å². The zero-order valence-corrected chi connectivity index (χ0v) is 12.0. The van der Waals surface area contributed by atoms with Crippen molar-refractivity contribution in [3.8, 4) is 0 Å². The number of hydrogen-bond donors (Lipinski definition) is 5. The first kappa shape index (κ1) is 15.9. The van der Waals surface area contributed by atoms with Crippen LogP contribution in [0.15, 0.2) is 24.5 Å². The zero-order valence-electron chi connectivity index (χ0n) is 12.0. The lowest BCUT2D eigenvalue weighted by molar-refractivity contribution is 0.650. The molecular formula is C14H24N6. The van der Waals surface area contributed by atoms with E-state index >= 15 is 0 Å². The van der Waals surface area contributed by atoms with Crippen molar-refractivity contribution in [2.24, 2.45) is 0 Å². The Kier molecular flexibility index (Phi) is 7.79. The lowest BCUT2D eigenvalue weighted by Gasteiger charge is -2.12. The number of rotatable bonds is 7. The minimum Gasteiger partial charge on any atom is -0.356 e. The number of hydrogen-bond acceptors (Lipinski definition) is 3. The largest absolute Gasteiger partial charge is 0.356 e. The van der Waals surface area contributed by atoms with E-state index in [0.717, 1.165) is 18.5 Å². The fraction of sp³-hybridized carbons (Fsp3) is 0.500. The van der Waals surface area contributed by atoms with Gasteiger partial charge in [-0.25, -0.2) is 0 Å². The second kappa shape index (κ2) is 9.77. The zero-order chi connectivity index (χ0) is 14.6. The highest BCUT2D eigenvalue weighted by Crippen LogP contribution is 1.96. The van der Waals surface area contributed by atoms with Crippen LogP contribution >= 0.6 is 0 Å². The minimum atomic E-state index is 0.118. The van der Waals surface area contributed by atoms with Gasteiger partial charge in [0.05, 0.1) is 0 Å². The maximum Gasteiger partial charge on any atom is 0.195 e. The van der Waals surface area contributed by atoms with Gasteiger partial charge in [-0.05, 0) is 24.1 Å². The monoisotopic (exact) mass is 276 g/mol. The van der Waals surface area contributed by atoms with E-state index in [-0.39, 0.29) is 11.9 Å². The average molecular weight is 276 g/mol. The molecule has 0 aliphatic rings. The first-order valence-corrected chi connectivity index (χ1v) is 7.03. The molecule has 20 heavy (non-hydrogen) atoms. The molecule has 0 unspecified atom stereocenters. The first-order chi connectivity index (χ1) is 9.72. The van der Waals surface area contributed by atoms with Crippen molar-refractivity contribution < 1.29 is 0 Å². The predicted molar refractivity (Wildman–Crippen MR) is 81.8 cm³/mol. The second-order valence-electron chi connectivity index (χ2n) is 4.57. The van der Waals surface area contributed by atoms with Gasteiger partial charge in [0.15, 0.2) is 11.9 Å². The molecule has 6 heteroatoms. The normalized spacial score (nSPS) is 9.85. The molecular weight excluding hydrogens is 252 g/mol. The van der Waals surface area contributed by atoms with Gasteiger partial charge in [-0.1, -0.05) is 26.2 Å². The van der Waals surface area contributed by atoms with Crippen LogP contribution in [0, 0.1) is 10.8 Å². The molecule has 110 valence electrons. The van der Waals surface area contributed by atoms with Crippen molar-refractivity contribution in [3.63, 3.8) is 0 Å². The highest BCUT2D eigenvalue weighted by molar-refractivity contribution is 5.95. The summed E-state index contributed by atoms with van der Waals surface area (Å²) in [7, 11) is 0. The van der Waals surface area contributed by atoms with Crippen LogP contribution in [0.5, 0.6) is 0 Å². The van der Waals surface area contributed by atoms with Crippen LogP contribution in [0.1, 0.15) is 38.2 Å². The summed E-state index contributed by atoms with van der Waals surface area (Å²) in [5, 5.41) is 23.9. The maximum atomic E-state index is 7.70. The number of guanidine groups is 2. The Morgan fingerprint density at radius 2 is 1.75 bits per heavy atom. The summed E-state index contributed by atoms with van der Waals surface area (Å²) in [6, 6.07) is 3.77. The predicted octanol–water partition coefficient (Wildman–Crippen LogP) is 1.80. The van der Waals surface area contributed by atoms with E-state index in [1.165, 1.54) is 19.3 Å². The number of nitrogens with one attached hydrogen (secondary N) is 5. The topological polar surface area (TPSA) is 96.7 Å². The Bertz CT molecular complexity index is 403. The molecule has 0 aromatic carbocycles. The Balaban J connectivity index is 2.10. The van der Waals surface area contributed by atoms with Crippen LogP contribution in [-0.2, 0) is 6.54 Å². The summed E-state index contributed by atoms with van der Waals surface area (Å²) in [6.45, 7) is 3.48. The van der Waals surface area contributed by atoms with Crippen LogP contribution in [0.4, 0.5) is 0 Å². The van der Waals surface area contributed by atoms with Crippen molar-refractivity contribution in [1.29, 1.82) is 10.8 Å². The third-order valence-corrected chi connectivity index (χ3v) is 2.80. The van der Waals surface area contributed by atoms with E-state index in [1.807, 2.05) is 12.1 Å². The molecule has 0 radical (unpaired) electrons. The van der Waals surface area contributed by atoms with E-state index in [2.05, 4.69) is 27.9 Å². The maximum absolute atomic E-state index is 7.70. The van der Waals surface area contributed by atoms with Gasteiger partial charge in [-0.3, -0.25) is 21.1 Å². The van der Waals surface area contributed by atoms with Crippen molar-refractivity contribution in [3.05, 3.63) is 30.1 Å². The highest BCUT2D eigenvalue weighted by atomic mass is 15.2. The Morgan fingerprint density at radius 3 is 2.45 bits per heavy atom. The molecule has 0 bridgehead atoms. The quantitative estimate of drug-likeness (QED) is 0.298. The van der Waals surface area contributed by atoms with Crippen molar-refractivity contribution >= 4 is 11.9 Å². The Hall–Kier alpha value is -2.11. The van der Waals surface area contributed by atoms with Gasteiger partial charge in [-0.15, -0.1) is 0 Å². The number of unbranched alkanes of at least 4 members (excludes halogenated alkanes) is 3. The standard InChI is InChI=1S/C14H24N6/c1-2-3-4-5-8-18-13(15)20-14(16)19-11-12-6-9-17-10-7-12/h6-7,9-10H,2-5,8,11H2,1H3,(H5,15,16,18,19,20). The third kappa shape index (κ3) is 7.35. The molecule has 1 aromatic heterocycles. The lowest BCUT2D eigenvalue weighted by atomic mass is 10.2. The Labute approximate surface area is 120 Å². The van der Waals surface area contributed by atoms with E-state index in [9.17, 15) is 0 Å². The van der Waals surface area contributed by atoms with Gasteiger partial charge < -0.3 is 10.6 Å². The third-order valence-electron chi connectivity index (χ3n) is 2.80. The molecule has 5 N–H and O–H groups in total. The first-order valence-electron chi connectivity index (χ1n) is 7.03. The van der Waals surface area contributed by atoms with Gasteiger partial charge in [0, 0.05) is 25.5 Å². The number of pyridine rings is 1. The Morgan fingerprint density at radius 1 is 1.05 bits per heavy atom. The molecule has 0 amide bonds. The summed E-state index contributed by atoms with van der Waals surface area (Å²) in [4.78, 5) is 3.93. The van der Waals surface area contributed by atoms with E-state index < -0.39 is 0 Å². The molecule has 1 heterocycles. The van der Waals surface area contributed by atoms with Gasteiger partial charge >= 0.3 is 0 Å². The highest BCUT2D eigenvalue weighted by Gasteiger charge is 2.00. The van der Waals surface area contributed by atoms with Crippen molar-refractivity contribution in [2.75, 3.05) is 6.54 Å². The summed E-state index contributed by atoms with van der Waals surface area (Å²) in [5.74, 6) is 0.279. The molecule has 0 fully saturated rings. The molecule has 0 saturated carbocycles. The lowest BCUT2D eigenvalue weighted by Crippen LogP contribution is -2.45. The summed E-state index contributed by atoms with van der Waals surface area (Å²) < 4.78 is 0. The summed E-state index contributed by atoms with van der Waals surface area (Å²) in [6.07, 6.45) is 8.09. The molecule has 0 saturated heterocycles. The van der Waals surface area contributed by atoms with E-state index in [0.29, 0.717) is 6.54 Å². The van der Waals surface area contributed by atoms with Gasteiger partial charge in [-0.2, -0.15) is 0 Å². The van der Waals surface area contributed by atoms with E-state index in [1.54, 1.807) is 12.4 Å². The molecule has 0 aliphatic heterocycles. The van der Waals surface area contributed by atoms with Crippen LogP contribution in [0.25, 0.3) is 0 Å². The summed E-state index contributed by atoms with van der Waals surface area (Å²) in [5.41, 5.74) is 1.05. The fourth-order valence-corrected chi connectivity index (χ4v) is 1.67. The molecule has 1 aromatic rings. The SMILES string of the molecule is CCCCCCNC(=N)NC(=N)NCc1ccncc1. The van der Waals surface area contributed by atoms with Gasteiger partial charge in [0.1, 0.15) is 0 Å². The second-order valence-corrected chi connectivity index (χ2v) is 4.57. The van der Waals surface area contributed by atoms with Crippen LogP contribution in [0.3, 0.4) is 0 Å². The smallest absolute Gasteiger partial charge is 0.195 e. The van der Waals surface area contributed by atoms with Crippen LogP contribution < -0.4 is 16.0 Å². The molecule has 1 rings (SSSR count). The molecule has 0 spiro atoms. The number of nitrogens with zero attached hydrogens (tertiary/aromatic N) is 1. The van der Waals surface area contributed by atoms with Crippen molar-refractivity contribution in [2.45, 2.75) is 39.2 Å². The summed E-state index contributed by atoms with van der Waals surface area (Å²) >= 11 is 0. The molecule has 0 aliphatic carbocycles. The van der Waals surface area contributed by atoms with Gasteiger partial charge in [0.25, 0.3) is 0 Å². The fourth-order valence-electron chi connectivity index (χ4n) is 1.67. The average Bonchev–Trinajstić information content (AvgIpc) is 2.46. The van der Waals surface area contributed by atoms with Crippen LogP contribution in [0.2, 0.25) is 0 Å². The van der Waals surface area contributed by atoms with Crippen molar-refractivity contribution in [1.82, 2.24) is 20.9 Å². The van der Waals surface area contributed by atoms with Gasteiger partial charge in [0.2, 0.25) is 0 Å². The molecule has 6 nitrogen and oxygen atoms in total.